The number of nitrogens with two attached hydrogens (primary N) is 1. The zero-order chi connectivity index (χ0) is 30.2. The number of amides is 1. The van der Waals surface area contributed by atoms with Gasteiger partial charge < -0.3 is 24.4 Å². The normalized spacial score (nSPS) is 15.4. The molecule has 0 unspecified atom stereocenters. The lowest BCUT2D eigenvalue weighted by Gasteiger charge is -2.30. The molecule has 12 heteroatoms. The Morgan fingerprint density at radius 3 is 2.57 bits per heavy atom. The van der Waals surface area contributed by atoms with Gasteiger partial charge in [-0.05, 0) is 59.1 Å². The van der Waals surface area contributed by atoms with E-state index >= 15 is 0 Å². The average molecular weight is 597 g/mol. The molecule has 1 saturated heterocycles. The lowest BCUT2D eigenvalue weighted by molar-refractivity contribution is -0.125. The molecule has 11 nitrogen and oxygen atoms in total. The minimum absolute atomic E-state index is 0.0469. The van der Waals surface area contributed by atoms with Crippen molar-refractivity contribution >= 4 is 27.5 Å². The summed E-state index contributed by atoms with van der Waals surface area (Å²) in [6, 6.07) is 7.58. The highest BCUT2D eigenvalue weighted by Crippen LogP contribution is 2.38. The molecule has 1 fully saturated rings. The van der Waals surface area contributed by atoms with Gasteiger partial charge in [0.05, 0.1) is 35.2 Å². The predicted molar refractivity (Wildman–Crippen MR) is 159 cm³/mol. The first-order chi connectivity index (χ1) is 20.0. The second-order valence-electron chi connectivity index (χ2n) is 11.2. The van der Waals surface area contributed by atoms with E-state index in [1.807, 2.05) is 38.1 Å². The molecule has 1 aliphatic rings. The number of carbonyl (C=O) groups excluding carboxylic acids is 1. The van der Waals surface area contributed by atoms with E-state index in [0.29, 0.717) is 58.4 Å². The van der Waals surface area contributed by atoms with Crippen molar-refractivity contribution in [2.24, 2.45) is 5.73 Å². The monoisotopic (exact) mass is 596 g/mol. The highest BCUT2D eigenvalue weighted by Gasteiger charge is 2.35. The Bertz CT molecular complexity index is 1690. The predicted octanol–water partition coefficient (Wildman–Crippen LogP) is 4.13. The third-order valence-electron chi connectivity index (χ3n) is 7.50. The van der Waals surface area contributed by atoms with Crippen molar-refractivity contribution in [1.82, 2.24) is 14.1 Å². The molecule has 1 aliphatic heterocycles. The molecule has 1 amide bonds. The molecule has 0 saturated carbocycles. The minimum atomic E-state index is -1.60. The van der Waals surface area contributed by atoms with Crippen LogP contribution in [0.1, 0.15) is 57.8 Å². The Hall–Kier alpha value is -3.74. The van der Waals surface area contributed by atoms with Gasteiger partial charge in [0.25, 0.3) is 5.56 Å². The Morgan fingerprint density at radius 2 is 1.93 bits per heavy atom. The molecule has 0 bridgehead atoms. The fourth-order valence-electron chi connectivity index (χ4n) is 5.18. The van der Waals surface area contributed by atoms with Gasteiger partial charge >= 0.3 is 5.69 Å². The van der Waals surface area contributed by atoms with E-state index in [1.165, 1.54) is 42.2 Å². The molecule has 1 atom stereocenters. The molecule has 4 aromatic rings. The van der Waals surface area contributed by atoms with Crippen LogP contribution >= 0.6 is 11.3 Å². The first kappa shape index (κ1) is 29.7. The number of ether oxygens (including phenoxy) is 3. The number of fused-ring (bicyclic) bond motifs is 1. The first-order valence-corrected chi connectivity index (χ1v) is 14.8. The van der Waals surface area contributed by atoms with Crippen LogP contribution in [0.3, 0.4) is 0 Å². The highest BCUT2D eigenvalue weighted by molar-refractivity contribution is 7.22. The first-order valence-electron chi connectivity index (χ1n) is 14.0. The molecule has 0 radical (unpaired) electrons. The number of rotatable bonds is 10. The molecule has 0 spiro atoms. The molecule has 224 valence electrons. The number of oxazole rings is 1. The van der Waals surface area contributed by atoms with Gasteiger partial charge in [-0.2, -0.15) is 0 Å². The number of aryl methyl sites for hydroxylation is 1. The van der Waals surface area contributed by atoms with Gasteiger partial charge in [-0.15, -0.1) is 11.3 Å². The van der Waals surface area contributed by atoms with Crippen molar-refractivity contribution in [2.45, 2.75) is 77.9 Å². The quantitative estimate of drug-likeness (QED) is 0.288. The number of nitrogens with zero attached hydrogens (tertiary/aromatic N) is 3. The zero-order valence-electron chi connectivity index (χ0n) is 24.4. The molecule has 5 rings (SSSR count). The van der Waals surface area contributed by atoms with Crippen LogP contribution in [0.4, 0.5) is 0 Å². The summed E-state index contributed by atoms with van der Waals surface area (Å²) in [5.41, 5.74) is 4.21. The van der Waals surface area contributed by atoms with E-state index in [1.54, 1.807) is 6.92 Å². The fourth-order valence-corrected chi connectivity index (χ4v) is 6.42. The lowest BCUT2D eigenvalue weighted by Crippen LogP contribution is -2.54. The second kappa shape index (κ2) is 11.9. The lowest BCUT2D eigenvalue weighted by atomic mass is 10.0. The van der Waals surface area contributed by atoms with E-state index in [2.05, 4.69) is 4.98 Å². The largest absolute Gasteiger partial charge is 0.491 e. The summed E-state index contributed by atoms with van der Waals surface area (Å²) in [5.74, 6) is 0.167. The van der Waals surface area contributed by atoms with Crippen LogP contribution < -0.4 is 21.7 Å². The smallest absolute Gasteiger partial charge is 0.333 e. The number of hydrogen-bond donors (Lipinski definition) is 1. The molecule has 3 aromatic heterocycles. The third kappa shape index (κ3) is 5.53. The number of aromatic nitrogens is 3. The van der Waals surface area contributed by atoms with Crippen LogP contribution in [0, 0.1) is 6.92 Å². The maximum Gasteiger partial charge on any atom is 0.333 e. The summed E-state index contributed by atoms with van der Waals surface area (Å²) in [6.07, 6.45) is 3.55. The minimum Gasteiger partial charge on any atom is -0.491 e. The van der Waals surface area contributed by atoms with Crippen molar-refractivity contribution in [1.29, 1.82) is 0 Å². The van der Waals surface area contributed by atoms with Crippen molar-refractivity contribution in [3.8, 4) is 16.5 Å². The number of primary amides is 1. The molecule has 1 aromatic carbocycles. The summed E-state index contributed by atoms with van der Waals surface area (Å²) in [4.78, 5) is 46.0. The Morgan fingerprint density at radius 1 is 1.21 bits per heavy atom. The van der Waals surface area contributed by atoms with Gasteiger partial charge in [0.2, 0.25) is 11.8 Å². The van der Waals surface area contributed by atoms with Crippen molar-refractivity contribution in [3.63, 3.8) is 0 Å². The maximum absolute atomic E-state index is 14.3. The van der Waals surface area contributed by atoms with Gasteiger partial charge in [0.15, 0.2) is 0 Å². The van der Waals surface area contributed by atoms with Crippen LogP contribution in [0.25, 0.3) is 21.0 Å². The van der Waals surface area contributed by atoms with E-state index < -0.39 is 28.8 Å². The van der Waals surface area contributed by atoms with Gasteiger partial charge in [-0.3, -0.25) is 14.2 Å². The Labute approximate surface area is 246 Å². The molecule has 4 heterocycles. The van der Waals surface area contributed by atoms with E-state index in [0.717, 1.165) is 10.1 Å². The summed E-state index contributed by atoms with van der Waals surface area (Å²) >= 11 is 1.23. The number of carbonyl (C=O) groups is 1. The third-order valence-corrected chi connectivity index (χ3v) is 8.81. The number of hydrogen-bond acceptors (Lipinski definition) is 9. The van der Waals surface area contributed by atoms with Gasteiger partial charge in [-0.1, -0.05) is 18.2 Å². The van der Waals surface area contributed by atoms with Crippen LogP contribution in [-0.2, 0) is 26.4 Å². The summed E-state index contributed by atoms with van der Waals surface area (Å²) in [7, 11) is 0. The van der Waals surface area contributed by atoms with Crippen molar-refractivity contribution in [3.05, 3.63) is 68.7 Å². The van der Waals surface area contributed by atoms with Crippen LogP contribution in [0.15, 0.2) is 50.7 Å². The fraction of sp³-hybridized carbons (Fsp3) is 0.467. The van der Waals surface area contributed by atoms with Gasteiger partial charge in [0, 0.05) is 18.8 Å². The van der Waals surface area contributed by atoms with Gasteiger partial charge in [-0.25, -0.2) is 14.3 Å². The van der Waals surface area contributed by atoms with E-state index in [9.17, 15) is 14.4 Å². The molecule has 0 aliphatic carbocycles. The van der Waals surface area contributed by atoms with E-state index in [-0.39, 0.29) is 18.8 Å². The van der Waals surface area contributed by atoms with Crippen LogP contribution in [0.5, 0.6) is 5.75 Å². The molecular weight excluding hydrogens is 560 g/mol. The van der Waals surface area contributed by atoms with Crippen molar-refractivity contribution < 1.29 is 23.4 Å². The molecular formula is C30H36N4O7S. The van der Waals surface area contributed by atoms with Crippen LogP contribution in [0.2, 0.25) is 0 Å². The zero-order valence-corrected chi connectivity index (χ0v) is 25.2. The standard InChI is InChI=1S/C30H36N4O7S/c1-17(2)40-21-9-7-6-8-20(21)22(41-19-10-13-38-14-11-19)16-33-27-23(18(3)24(42-27)25-32-12-15-39-25)26(35)34(29(33)37)30(4,5)28(31)36/h6-9,12,15,17,19,22H,10-11,13-14,16H2,1-5H3,(H2,31,36)/t22-/m0/s1. The van der Waals surface area contributed by atoms with E-state index in [4.69, 9.17) is 24.4 Å². The highest BCUT2D eigenvalue weighted by atomic mass is 32.1. The topological polar surface area (TPSA) is 141 Å². The summed E-state index contributed by atoms with van der Waals surface area (Å²) in [5, 5.41) is 0.290. The molecule has 42 heavy (non-hydrogen) atoms. The van der Waals surface area contributed by atoms with Crippen molar-refractivity contribution in [2.75, 3.05) is 13.2 Å². The number of benzene rings is 1. The maximum atomic E-state index is 14.3. The average Bonchev–Trinajstić information content (AvgIpc) is 3.59. The van der Waals surface area contributed by atoms with Crippen LogP contribution in [-0.4, -0.2) is 45.4 Å². The molecule has 2 N–H and O–H groups in total. The SMILES string of the molecule is Cc1c(-c2ncco2)sc2c1c(=O)n(C(C)(C)C(N)=O)c(=O)n2C[C@H](OC1CCOCC1)c1ccccc1OC(C)C. The number of thiophene rings is 1. The summed E-state index contributed by atoms with van der Waals surface area (Å²) < 4.78 is 26.4. The van der Waals surface area contributed by atoms with Gasteiger partial charge in [0.1, 0.15) is 28.5 Å². The Kier molecular flexibility index (Phi) is 8.40. The number of para-hydroxylation sites is 1. The Balaban J connectivity index is 1.75. The second-order valence-corrected chi connectivity index (χ2v) is 12.2. The summed E-state index contributed by atoms with van der Waals surface area (Å²) in [6.45, 7) is 9.79.